The third-order valence-electron chi connectivity index (χ3n) is 1.82. The van der Waals surface area contributed by atoms with E-state index < -0.39 is 0 Å². The van der Waals surface area contributed by atoms with E-state index in [1.54, 1.807) is 7.11 Å². The summed E-state index contributed by atoms with van der Waals surface area (Å²) in [6, 6.07) is 0.187. The Morgan fingerprint density at radius 1 is 1.75 bits per heavy atom. The molecule has 0 saturated carbocycles. The highest BCUT2D eigenvalue weighted by Gasteiger charge is 2.11. The molecule has 1 aliphatic rings. The Bertz CT molecular complexity index is 159. The van der Waals surface area contributed by atoms with Gasteiger partial charge in [0.15, 0.2) is 0 Å². The summed E-state index contributed by atoms with van der Waals surface area (Å²) < 4.78 is 10.3. The quantitative estimate of drug-likeness (QED) is 0.660. The minimum atomic E-state index is 0.187. The van der Waals surface area contributed by atoms with Crippen LogP contribution >= 0.6 is 0 Å². The standard InChI is InChI=1S/C8H16N2O2/c1-11-4-2-7-6-12-5-3-8(9)10-7/h7H,2-6H2,1H3,(H2,9,10). The molecule has 0 radical (unpaired) electrons. The maximum atomic E-state index is 5.63. The third kappa shape index (κ3) is 3.19. The predicted molar refractivity (Wildman–Crippen MR) is 47.3 cm³/mol. The van der Waals surface area contributed by atoms with Crippen molar-refractivity contribution in [1.29, 1.82) is 0 Å². The first kappa shape index (κ1) is 9.48. The fourth-order valence-corrected chi connectivity index (χ4v) is 1.13. The predicted octanol–water partition coefficient (Wildman–Crippen LogP) is 0.169. The molecule has 12 heavy (non-hydrogen) atoms. The molecule has 2 N–H and O–H groups in total. The first-order chi connectivity index (χ1) is 5.83. The van der Waals surface area contributed by atoms with Crippen molar-refractivity contribution in [3.05, 3.63) is 0 Å². The van der Waals surface area contributed by atoms with Crippen molar-refractivity contribution in [1.82, 2.24) is 0 Å². The summed E-state index contributed by atoms with van der Waals surface area (Å²) >= 11 is 0. The van der Waals surface area contributed by atoms with E-state index in [-0.39, 0.29) is 6.04 Å². The second-order valence-electron chi connectivity index (χ2n) is 2.88. The number of nitrogens with zero attached hydrogens (tertiary/aromatic N) is 1. The van der Waals surface area contributed by atoms with Crippen LogP contribution in [-0.2, 0) is 9.47 Å². The van der Waals surface area contributed by atoms with Crippen LogP contribution < -0.4 is 5.73 Å². The first-order valence-electron chi connectivity index (χ1n) is 4.21. The summed E-state index contributed by atoms with van der Waals surface area (Å²) in [5, 5.41) is 0. The van der Waals surface area contributed by atoms with Gasteiger partial charge in [-0.05, 0) is 6.42 Å². The molecule has 0 aromatic heterocycles. The maximum absolute atomic E-state index is 5.63. The van der Waals surface area contributed by atoms with Crippen molar-refractivity contribution in [2.45, 2.75) is 18.9 Å². The summed E-state index contributed by atoms with van der Waals surface area (Å²) in [5.41, 5.74) is 5.63. The second kappa shape index (κ2) is 5.11. The molecule has 0 fully saturated rings. The Labute approximate surface area is 72.8 Å². The highest BCUT2D eigenvalue weighted by atomic mass is 16.5. The number of hydrogen-bond acceptors (Lipinski definition) is 4. The van der Waals surface area contributed by atoms with Gasteiger partial charge in [0.05, 0.1) is 25.1 Å². The van der Waals surface area contributed by atoms with Gasteiger partial charge in [0, 0.05) is 20.1 Å². The number of amidine groups is 1. The van der Waals surface area contributed by atoms with Crippen LogP contribution in [0, 0.1) is 0 Å². The largest absolute Gasteiger partial charge is 0.387 e. The van der Waals surface area contributed by atoms with Crippen LogP contribution in [0.3, 0.4) is 0 Å². The van der Waals surface area contributed by atoms with E-state index in [4.69, 9.17) is 15.2 Å². The van der Waals surface area contributed by atoms with Gasteiger partial charge in [-0.1, -0.05) is 0 Å². The smallest absolute Gasteiger partial charge is 0.0964 e. The second-order valence-corrected chi connectivity index (χ2v) is 2.88. The van der Waals surface area contributed by atoms with E-state index in [0.29, 0.717) is 25.7 Å². The number of nitrogens with two attached hydrogens (primary N) is 1. The normalized spacial score (nSPS) is 24.8. The third-order valence-corrected chi connectivity index (χ3v) is 1.82. The molecule has 4 heteroatoms. The van der Waals surface area contributed by atoms with Gasteiger partial charge in [-0.25, -0.2) is 0 Å². The lowest BCUT2D eigenvalue weighted by Gasteiger charge is -2.08. The summed E-state index contributed by atoms with van der Waals surface area (Å²) in [4.78, 5) is 4.30. The van der Waals surface area contributed by atoms with E-state index in [0.717, 1.165) is 12.8 Å². The fraction of sp³-hybridized carbons (Fsp3) is 0.875. The minimum absolute atomic E-state index is 0.187. The molecule has 0 saturated heterocycles. The first-order valence-corrected chi connectivity index (χ1v) is 4.21. The lowest BCUT2D eigenvalue weighted by Crippen LogP contribution is -2.17. The monoisotopic (exact) mass is 172 g/mol. The van der Waals surface area contributed by atoms with E-state index >= 15 is 0 Å². The van der Waals surface area contributed by atoms with Gasteiger partial charge in [0.25, 0.3) is 0 Å². The van der Waals surface area contributed by atoms with Gasteiger partial charge in [-0.3, -0.25) is 4.99 Å². The zero-order chi connectivity index (χ0) is 8.81. The van der Waals surface area contributed by atoms with Crippen LogP contribution in [0.15, 0.2) is 4.99 Å². The average Bonchev–Trinajstić information content (AvgIpc) is 2.26. The van der Waals surface area contributed by atoms with Crippen molar-refractivity contribution in [3.63, 3.8) is 0 Å². The van der Waals surface area contributed by atoms with Crippen LogP contribution in [-0.4, -0.2) is 38.8 Å². The van der Waals surface area contributed by atoms with Crippen LogP contribution in [0.5, 0.6) is 0 Å². The Morgan fingerprint density at radius 3 is 3.33 bits per heavy atom. The van der Waals surface area contributed by atoms with Gasteiger partial charge < -0.3 is 15.2 Å². The van der Waals surface area contributed by atoms with E-state index in [1.165, 1.54) is 0 Å². The van der Waals surface area contributed by atoms with Gasteiger partial charge in [-0.15, -0.1) is 0 Å². The summed E-state index contributed by atoms with van der Waals surface area (Å²) in [6.07, 6.45) is 1.64. The van der Waals surface area contributed by atoms with E-state index in [1.807, 2.05) is 0 Å². The highest BCUT2D eigenvalue weighted by Crippen LogP contribution is 2.04. The maximum Gasteiger partial charge on any atom is 0.0964 e. The molecular formula is C8H16N2O2. The number of hydrogen-bond donors (Lipinski definition) is 1. The number of aliphatic imine (C=N–C) groups is 1. The fourth-order valence-electron chi connectivity index (χ4n) is 1.13. The molecule has 0 bridgehead atoms. The molecule has 1 rings (SSSR count). The number of ether oxygens (including phenoxy) is 2. The van der Waals surface area contributed by atoms with Gasteiger partial charge >= 0.3 is 0 Å². The van der Waals surface area contributed by atoms with Crippen LogP contribution in [0.4, 0.5) is 0 Å². The summed E-state index contributed by atoms with van der Waals surface area (Å²) in [7, 11) is 1.69. The molecule has 1 unspecified atom stereocenters. The van der Waals surface area contributed by atoms with Crippen LogP contribution in [0.1, 0.15) is 12.8 Å². The van der Waals surface area contributed by atoms with Crippen molar-refractivity contribution in [2.24, 2.45) is 10.7 Å². The van der Waals surface area contributed by atoms with Gasteiger partial charge in [0.2, 0.25) is 0 Å². The molecule has 0 aliphatic carbocycles. The summed E-state index contributed by atoms with van der Waals surface area (Å²) in [5.74, 6) is 0.702. The molecule has 70 valence electrons. The lowest BCUT2D eigenvalue weighted by molar-refractivity contribution is 0.117. The molecule has 4 nitrogen and oxygen atoms in total. The van der Waals surface area contributed by atoms with Gasteiger partial charge in [-0.2, -0.15) is 0 Å². The average molecular weight is 172 g/mol. The molecule has 1 atom stereocenters. The molecule has 0 amide bonds. The Morgan fingerprint density at radius 2 is 2.58 bits per heavy atom. The van der Waals surface area contributed by atoms with Crippen molar-refractivity contribution in [3.8, 4) is 0 Å². The topological polar surface area (TPSA) is 56.8 Å². The molecule has 0 spiro atoms. The number of rotatable bonds is 3. The van der Waals surface area contributed by atoms with E-state index in [2.05, 4.69) is 4.99 Å². The number of methoxy groups -OCH3 is 1. The minimum Gasteiger partial charge on any atom is -0.387 e. The lowest BCUT2D eigenvalue weighted by atomic mass is 10.2. The molecule has 0 aromatic carbocycles. The zero-order valence-electron chi connectivity index (χ0n) is 7.45. The van der Waals surface area contributed by atoms with Crippen LogP contribution in [0.25, 0.3) is 0 Å². The van der Waals surface area contributed by atoms with Crippen LogP contribution in [0.2, 0.25) is 0 Å². The Kier molecular flexibility index (Phi) is 4.04. The Hall–Kier alpha value is -0.610. The van der Waals surface area contributed by atoms with Gasteiger partial charge in [0.1, 0.15) is 0 Å². The molecule has 1 heterocycles. The van der Waals surface area contributed by atoms with E-state index in [9.17, 15) is 0 Å². The molecule has 0 aromatic rings. The SMILES string of the molecule is COCCC1COCCC(N)=N1. The molecule has 1 aliphatic heterocycles. The summed E-state index contributed by atoms with van der Waals surface area (Å²) in [6.45, 7) is 2.08. The van der Waals surface area contributed by atoms with Crippen molar-refractivity contribution in [2.75, 3.05) is 26.9 Å². The van der Waals surface area contributed by atoms with Crippen molar-refractivity contribution < 1.29 is 9.47 Å². The highest BCUT2D eigenvalue weighted by molar-refractivity contribution is 5.80. The molecular weight excluding hydrogens is 156 g/mol. The zero-order valence-corrected chi connectivity index (χ0v) is 7.45. The van der Waals surface area contributed by atoms with Crippen molar-refractivity contribution >= 4 is 5.84 Å². The Balaban J connectivity index is 2.34.